The fourth-order valence-electron chi connectivity index (χ4n) is 2.73. The first-order valence-corrected chi connectivity index (χ1v) is 8.42. The Balaban J connectivity index is 0.00000364. The number of hydrogen-bond acceptors (Lipinski definition) is 5. The number of aromatic nitrogens is 4. The zero-order chi connectivity index (χ0) is 19.3. The van der Waals surface area contributed by atoms with Crippen LogP contribution < -0.4 is 5.32 Å². The summed E-state index contributed by atoms with van der Waals surface area (Å²) in [5.74, 6) is 1.09. The van der Waals surface area contributed by atoms with E-state index in [1.807, 2.05) is 29.9 Å². The predicted molar refractivity (Wildman–Crippen MR) is 114 cm³/mol. The summed E-state index contributed by atoms with van der Waals surface area (Å²) in [6, 6.07) is 0. The highest BCUT2D eigenvalue weighted by molar-refractivity contribution is 14.0. The third kappa shape index (κ3) is 6.19. The summed E-state index contributed by atoms with van der Waals surface area (Å²) in [6.07, 6.45) is 4.69. The van der Waals surface area contributed by atoms with Crippen molar-refractivity contribution in [1.29, 1.82) is 0 Å². The van der Waals surface area contributed by atoms with Gasteiger partial charge in [0.05, 0.1) is 17.2 Å². The van der Waals surface area contributed by atoms with Crippen LogP contribution in [0.1, 0.15) is 31.0 Å². The lowest BCUT2D eigenvalue weighted by molar-refractivity contribution is -0.385. The molecule has 0 aliphatic carbocycles. The molecule has 11 heteroatoms. The van der Waals surface area contributed by atoms with Crippen molar-refractivity contribution in [3.05, 3.63) is 40.0 Å². The molecule has 0 bridgehead atoms. The molecule has 0 saturated carbocycles. The lowest BCUT2D eigenvalue weighted by atomic mass is 10.1. The zero-order valence-electron chi connectivity index (χ0n) is 16.3. The normalized spacial score (nSPS) is 11.4. The third-order valence-corrected chi connectivity index (χ3v) is 3.92. The van der Waals surface area contributed by atoms with Crippen LogP contribution >= 0.6 is 24.0 Å². The number of hydrogen-bond donors (Lipinski definition) is 1. The largest absolute Gasteiger partial charge is 0.354 e. The van der Waals surface area contributed by atoms with Gasteiger partial charge in [0, 0.05) is 46.0 Å². The van der Waals surface area contributed by atoms with Gasteiger partial charge in [-0.25, -0.2) is 0 Å². The Morgan fingerprint density at radius 1 is 1.44 bits per heavy atom. The van der Waals surface area contributed by atoms with Crippen LogP contribution in [0.15, 0.2) is 23.6 Å². The highest BCUT2D eigenvalue weighted by Crippen LogP contribution is 2.18. The first-order chi connectivity index (χ1) is 12.3. The van der Waals surface area contributed by atoms with Crippen molar-refractivity contribution in [2.75, 3.05) is 20.6 Å². The first-order valence-electron chi connectivity index (χ1n) is 8.42. The lowest BCUT2D eigenvalue weighted by Crippen LogP contribution is -2.40. The molecule has 2 heterocycles. The summed E-state index contributed by atoms with van der Waals surface area (Å²) in [5.41, 5.74) is 2.23. The number of nitrogens with zero attached hydrogens (tertiary/aromatic N) is 7. The molecular weight excluding hydrogens is 463 g/mol. The van der Waals surface area contributed by atoms with E-state index in [9.17, 15) is 10.1 Å². The summed E-state index contributed by atoms with van der Waals surface area (Å²) >= 11 is 0. The van der Waals surface area contributed by atoms with Gasteiger partial charge in [-0.3, -0.25) is 24.5 Å². The van der Waals surface area contributed by atoms with Crippen LogP contribution in [0.2, 0.25) is 0 Å². The molecule has 2 rings (SSSR count). The molecule has 150 valence electrons. The smallest absolute Gasteiger partial charge is 0.306 e. The van der Waals surface area contributed by atoms with Gasteiger partial charge in [0.1, 0.15) is 12.4 Å². The summed E-state index contributed by atoms with van der Waals surface area (Å²) in [7, 11) is 5.61. The number of halogens is 1. The Morgan fingerprint density at radius 2 is 2.15 bits per heavy atom. The molecule has 1 N–H and O–H groups in total. The molecule has 27 heavy (non-hydrogen) atoms. The van der Waals surface area contributed by atoms with Crippen LogP contribution in [0.5, 0.6) is 0 Å². The number of guanidine groups is 1. The Labute approximate surface area is 175 Å². The van der Waals surface area contributed by atoms with Crippen LogP contribution in [0, 0.1) is 10.1 Å². The third-order valence-electron chi connectivity index (χ3n) is 3.92. The quantitative estimate of drug-likeness (QED) is 0.209. The monoisotopic (exact) mass is 490 g/mol. The standard InChI is InChI=1S/C16H26N8O2.HI/c1-12(2)15-13(10-22(5)20-15)9-21(4)16(17-3)18-6-7-23-11-14(8-19-23)24(25)26;/h8,10-12H,6-7,9H2,1-5H3,(H,17,18);1H. The molecule has 0 saturated heterocycles. The van der Waals surface area contributed by atoms with Gasteiger partial charge in [-0.05, 0) is 5.92 Å². The zero-order valence-corrected chi connectivity index (χ0v) is 18.6. The highest BCUT2D eigenvalue weighted by atomic mass is 127. The van der Waals surface area contributed by atoms with Crippen molar-refractivity contribution in [2.45, 2.75) is 32.9 Å². The van der Waals surface area contributed by atoms with Gasteiger partial charge in [0.25, 0.3) is 0 Å². The summed E-state index contributed by atoms with van der Waals surface area (Å²) in [5, 5.41) is 22.4. The molecule has 0 aliphatic rings. The summed E-state index contributed by atoms with van der Waals surface area (Å²) < 4.78 is 3.37. The van der Waals surface area contributed by atoms with E-state index < -0.39 is 4.92 Å². The SMILES string of the molecule is CN=C(NCCn1cc([N+](=O)[O-])cn1)N(C)Cc1cn(C)nc1C(C)C.I. The van der Waals surface area contributed by atoms with Crippen LogP contribution in [-0.2, 0) is 20.1 Å². The molecule has 0 amide bonds. The maximum atomic E-state index is 10.7. The van der Waals surface area contributed by atoms with Gasteiger partial charge in [-0.15, -0.1) is 24.0 Å². The average molecular weight is 490 g/mol. The Kier molecular flexibility index (Phi) is 8.66. The minimum absolute atomic E-state index is 0. The van der Waals surface area contributed by atoms with Crippen molar-refractivity contribution >= 4 is 35.6 Å². The molecular formula is C16H27IN8O2. The second-order valence-electron chi connectivity index (χ2n) is 6.42. The summed E-state index contributed by atoms with van der Waals surface area (Å²) in [6.45, 7) is 6.00. The van der Waals surface area contributed by atoms with E-state index >= 15 is 0 Å². The second-order valence-corrected chi connectivity index (χ2v) is 6.42. The number of aliphatic imine (C=N–C) groups is 1. The van der Waals surface area contributed by atoms with E-state index in [1.165, 1.54) is 17.1 Å². The highest BCUT2D eigenvalue weighted by Gasteiger charge is 2.15. The van der Waals surface area contributed by atoms with Crippen molar-refractivity contribution < 1.29 is 4.92 Å². The topological polar surface area (TPSA) is 106 Å². The first kappa shape index (κ1) is 22.9. The average Bonchev–Trinajstić information content (AvgIpc) is 3.18. The van der Waals surface area contributed by atoms with Gasteiger partial charge in [0.15, 0.2) is 5.96 Å². The van der Waals surface area contributed by atoms with Crippen molar-refractivity contribution in [2.24, 2.45) is 12.0 Å². The number of aryl methyl sites for hydroxylation is 1. The van der Waals surface area contributed by atoms with Gasteiger partial charge >= 0.3 is 5.69 Å². The maximum absolute atomic E-state index is 10.7. The van der Waals surface area contributed by atoms with Gasteiger partial charge in [-0.2, -0.15) is 10.2 Å². The fraction of sp³-hybridized carbons (Fsp3) is 0.562. The molecule has 10 nitrogen and oxygen atoms in total. The van der Waals surface area contributed by atoms with E-state index in [2.05, 4.69) is 34.4 Å². The summed E-state index contributed by atoms with van der Waals surface area (Å²) in [4.78, 5) is 16.6. The molecule has 2 aromatic heterocycles. The molecule has 0 radical (unpaired) electrons. The van der Waals surface area contributed by atoms with Gasteiger partial charge < -0.3 is 10.2 Å². The lowest BCUT2D eigenvalue weighted by Gasteiger charge is -2.22. The van der Waals surface area contributed by atoms with Crippen LogP contribution in [0.4, 0.5) is 5.69 Å². The molecule has 0 aromatic carbocycles. The Hall–Kier alpha value is -2.18. The van der Waals surface area contributed by atoms with E-state index in [0.29, 0.717) is 25.6 Å². The van der Waals surface area contributed by atoms with Crippen LogP contribution in [0.3, 0.4) is 0 Å². The number of nitro groups is 1. The van der Waals surface area contributed by atoms with Crippen LogP contribution in [-0.4, -0.2) is 56.0 Å². The van der Waals surface area contributed by atoms with E-state index in [-0.39, 0.29) is 29.7 Å². The Morgan fingerprint density at radius 3 is 2.70 bits per heavy atom. The molecule has 0 fully saturated rings. The maximum Gasteiger partial charge on any atom is 0.306 e. The van der Waals surface area contributed by atoms with Crippen molar-refractivity contribution in [1.82, 2.24) is 29.8 Å². The minimum atomic E-state index is -0.455. The Bertz CT molecular complexity index is 783. The molecule has 0 atom stereocenters. The van der Waals surface area contributed by atoms with E-state index in [1.54, 1.807) is 7.05 Å². The van der Waals surface area contributed by atoms with E-state index in [4.69, 9.17) is 0 Å². The van der Waals surface area contributed by atoms with Gasteiger partial charge in [-0.1, -0.05) is 13.8 Å². The fourth-order valence-corrected chi connectivity index (χ4v) is 2.73. The molecule has 2 aromatic rings. The predicted octanol–water partition coefficient (Wildman–Crippen LogP) is 1.97. The number of rotatable bonds is 7. The molecule has 0 spiro atoms. The van der Waals surface area contributed by atoms with E-state index in [0.717, 1.165) is 17.2 Å². The van der Waals surface area contributed by atoms with Gasteiger partial charge in [0.2, 0.25) is 0 Å². The van der Waals surface area contributed by atoms with Crippen LogP contribution in [0.25, 0.3) is 0 Å². The van der Waals surface area contributed by atoms with Crippen molar-refractivity contribution in [3.8, 4) is 0 Å². The molecule has 0 unspecified atom stereocenters. The van der Waals surface area contributed by atoms with Crippen molar-refractivity contribution in [3.63, 3.8) is 0 Å². The number of nitrogens with one attached hydrogen (secondary N) is 1. The molecule has 0 aliphatic heterocycles. The second kappa shape index (κ2) is 10.2. The minimum Gasteiger partial charge on any atom is -0.354 e.